The minimum absolute atomic E-state index is 0.0388. The maximum absolute atomic E-state index is 13.6. The summed E-state index contributed by atoms with van der Waals surface area (Å²) in [5, 5.41) is 16.0. The molecule has 1 aromatic carbocycles. The first-order valence-electron chi connectivity index (χ1n) is 12.0. The average Bonchev–Trinajstić information content (AvgIpc) is 3.46. The van der Waals surface area contributed by atoms with E-state index in [0.717, 1.165) is 59.6 Å². The van der Waals surface area contributed by atoms with E-state index >= 15 is 0 Å². The fraction of sp³-hybridized carbons (Fsp3) is 0.538. The van der Waals surface area contributed by atoms with Gasteiger partial charge in [-0.05, 0) is 42.2 Å². The van der Waals surface area contributed by atoms with E-state index in [-0.39, 0.29) is 23.9 Å². The van der Waals surface area contributed by atoms with Crippen molar-refractivity contribution in [2.75, 3.05) is 29.4 Å². The van der Waals surface area contributed by atoms with E-state index in [1.165, 1.54) is 12.8 Å². The Hall–Kier alpha value is -2.76. The van der Waals surface area contributed by atoms with E-state index in [0.29, 0.717) is 5.82 Å². The number of aromatic nitrogens is 1. The molecule has 2 aromatic rings. The van der Waals surface area contributed by atoms with Gasteiger partial charge in [0.15, 0.2) is 6.17 Å². The molecule has 0 spiro atoms. The van der Waals surface area contributed by atoms with Crippen molar-refractivity contribution in [1.29, 1.82) is 0 Å². The molecule has 172 valence electrons. The van der Waals surface area contributed by atoms with Crippen LogP contribution in [0.2, 0.25) is 0 Å². The summed E-state index contributed by atoms with van der Waals surface area (Å²) in [6.07, 6.45) is 5.58. The number of pyridine rings is 1. The Bertz CT molecular complexity index is 940. The van der Waals surface area contributed by atoms with Crippen LogP contribution in [0.5, 0.6) is 0 Å². The van der Waals surface area contributed by atoms with Gasteiger partial charge in [0.1, 0.15) is 0 Å². The van der Waals surface area contributed by atoms with E-state index < -0.39 is 0 Å². The van der Waals surface area contributed by atoms with Crippen LogP contribution >= 0.6 is 0 Å². The maximum atomic E-state index is 13.6. The molecule has 2 aliphatic heterocycles. The Morgan fingerprint density at radius 3 is 2.31 bits per heavy atom. The quantitative estimate of drug-likeness (QED) is 0.534. The van der Waals surface area contributed by atoms with E-state index in [4.69, 9.17) is 0 Å². The SMILES string of the molecule is CC(C)c1cccc(C(C)C)c1C(=O)NC1CCCN1c1cc(N2CCCC2)cc[n+]1[O-]. The van der Waals surface area contributed by atoms with Crippen LogP contribution in [-0.2, 0) is 0 Å². The number of rotatable bonds is 6. The Morgan fingerprint density at radius 2 is 1.69 bits per heavy atom. The predicted molar refractivity (Wildman–Crippen MR) is 129 cm³/mol. The van der Waals surface area contributed by atoms with Crippen molar-refractivity contribution in [3.8, 4) is 0 Å². The average molecular weight is 437 g/mol. The normalized spacial score (nSPS) is 18.8. The number of nitrogens with one attached hydrogen (secondary N) is 1. The summed E-state index contributed by atoms with van der Waals surface area (Å²) in [5.74, 6) is 1.10. The molecule has 4 rings (SSSR count). The maximum Gasteiger partial charge on any atom is 0.283 e. The first kappa shape index (κ1) is 22.4. The predicted octanol–water partition coefficient (Wildman–Crippen LogP) is 4.52. The second-order valence-electron chi connectivity index (χ2n) is 9.71. The topological polar surface area (TPSA) is 62.5 Å². The fourth-order valence-electron chi connectivity index (χ4n) is 5.07. The second-order valence-corrected chi connectivity index (χ2v) is 9.71. The van der Waals surface area contributed by atoms with Crippen LogP contribution in [0.25, 0.3) is 0 Å². The number of carbonyl (C=O) groups excluding carboxylic acids is 1. The number of hydrogen-bond donors (Lipinski definition) is 1. The molecule has 6 nitrogen and oxygen atoms in total. The Morgan fingerprint density at radius 1 is 1.03 bits per heavy atom. The molecule has 1 N–H and O–H groups in total. The first-order valence-corrected chi connectivity index (χ1v) is 12.0. The van der Waals surface area contributed by atoms with Crippen LogP contribution in [0.1, 0.15) is 86.7 Å². The number of hydrogen-bond acceptors (Lipinski definition) is 4. The molecule has 2 saturated heterocycles. The number of amides is 1. The van der Waals surface area contributed by atoms with E-state index in [9.17, 15) is 10.0 Å². The number of anilines is 2. The van der Waals surface area contributed by atoms with Gasteiger partial charge in [-0.3, -0.25) is 4.79 Å². The molecular weight excluding hydrogens is 400 g/mol. The summed E-state index contributed by atoms with van der Waals surface area (Å²) in [6, 6.07) is 10.1. The molecule has 1 unspecified atom stereocenters. The van der Waals surface area contributed by atoms with Crippen LogP contribution in [0.15, 0.2) is 36.5 Å². The standard InChI is InChI=1S/C26H36N4O2/c1-18(2)21-9-7-10-22(19(3)4)25(21)26(31)27-23-11-8-15-29(23)24-17-20(12-16-30(24)32)28-13-5-6-14-28/h7,9-10,12,16-19,23H,5-6,8,11,13-15H2,1-4H3,(H,27,31). The minimum Gasteiger partial charge on any atom is -0.711 e. The van der Waals surface area contributed by atoms with E-state index in [1.807, 2.05) is 18.2 Å². The van der Waals surface area contributed by atoms with Gasteiger partial charge in [0.25, 0.3) is 11.7 Å². The highest BCUT2D eigenvalue weighted by Gasteiger charge is 2.35. The lowest BCUT2D eigenvalue weighted by atomic mass is 9.88. The molecule has 3 heterocycles. The summed E-state index contributed by atoms with van der Waals surface area (Å²) in [7, 11) is 0. The first-order chi connectivity index (χ1) is 15.4. The zero-order chi connectivity index (χ0) is 22.8. The van der Waals surface area contributed by atoms with Crippen LogP contribution in [0, 0.1) is 5.21 Å². The highest BCUT2D eigenvalue weighted by molar-refractivity contribution is 5.98. The van der Waals surface area contributed by atoms with Gasteiger partial charge in [0, 0.05) is 36.8 Å². The van der Waals surface area contributed by atoms with Crippen molar-refractivity contribution < 1.29 is 9.52 Å². The van der Waals surface area contributed by atoms with Crippen LogP contribution in [-0.4, -0.2) is 31.7 Å². The van der Waals surface area contributed by atoms with Crippen molar-refractivity contribution in [2.45, 2.75) is 71.4 Å². The summed E-state index contributed by atoms with van der Waals surface area (Å²) < 4.78 is 0.936. The monoisotopic (exact) mass is 436 g/mol. The van der Waals surface area contributed by atoms with Crippen molar-refractivity contribution in [3.63, 3.8) is 0 Å². The molecule has 1 atom stereocenters. The molecular formula is C26H36N4O2. The Labute approximate surface area is 191 Å². The molecule has 0 aliphatic carbocycles. The molecule has 0 saturated carbocycles. The number of carbonyl (C=O) groups is 1. The molecule has 2 aliphatic rings. The molecule has 1 amide bonds. The minimum atomic E-state index is -0.184. The summed E-state index contributed by atoms with van der Waals surface area (Å²) in [5.41, 5.74) is 4.04. The third kappa shape index (κ3) is 4.41. The zero-order valence-electron chi connectivity index (χ0n) is 19.8. The molecule has 0 bridgehead atoms. The lowest BCUT2D eigenvalue weighted by Crippen LogP contribution is -2.49. The van der Waals surface area contributed by atoms with Gasteiger partial charge < -0.3 is 15.4 Å². The largest absolute Gasteiger partial charge is 0.711 e. The molecule has 32 heavy (non-hydrogen) atoms. The van der Waals surface area contributed by atoms with Crippen LogP contribution < -0.4 is 19.8 Å². The molecule has 0 radical (unpaired) electrons. The third-order valence-corrected chi connectivity index (χ3v) is 6.80. The van der Waals surface area contributed by atoms with Gasteiger partial charge >= 0.3 is 0 Å². The zero-order valence-corrected chi connectivity index (χ0v) is 19.8. The van der Waals surface area contributed by atoms with Crippen LogP contribution in [0.3, 0.4) is 0 Å². The smallest absolute Gasteiger partial charge is 0.283 e. The van der Waals surface area contributed by atoms with E-state index in [2.05, 4.69) is 54.9 Å². The highest BCUT2D eigenvalue weighted by Crippen LogP contribution is 2.30. The fourth-order valence-corrected chi connectivity index (χ4v) is 5.07. The lowest BCUT2D eigenvalue weighted by molar-refractivity contribution is -0.592. The Balaban J connectivity index is 1.61. The van der Waals surface area contributed by atoms with Gasteiger partial charge in [-0.15, -0.1) is 0 Å². The van der Waals surface area contributed by atoms with Gasteiger partial charge in [-0.2, -0.15) is 0 Å². The van der Waals surface area contributed by atoms with Gasteiger partial charge in [0.2, 0.25) is 0 Å². The number of benzene rings is 1. The van der Waals surface area contributed by atoms with Gasteiger partial charge in [-0.25, -0.2) is 9.63 Å². The molecule has 1 aromatic heterocycles. The van der Waals surface area contributed by atoms with Crippen molar-refractivity contribution in [1.82, 2.24) is 5.32 Å². The Kier molecular flexibility index (Phi) is 6.58. The van der Waals surface area contributed by atoms with Crippen molar-refractivity contribution in [2.24, 2.45) is 0 Å². The lowest BCUT2D eigenvalue weighted by Gasteiger charge is -2.26. The van der Waals surface area contributed by atoms with Crippen LogP contribution in [0.4, 0.5) is 11.5 Å². The second kappa shape index (κ2) is 9.39. The van der Waals surface area contributed by atoms with E-state index in [1.54, 1.807) is 6.20 Å². The highest BCUT2D eigenvalue weighted by atomic mass is 16.5. The summed E-state index contributed by atoms with van der Waals surface area (Å²) >= 11 is 0. The molecule has 6 heteroatoms. The third-order valence-electron chi connectivity index (χ3n) is 6.80. The van der Waals surface area contributed by atoms with Crippen molar-refractivity contribution in [3.05, 3.63) is 58.4 Å². The summed E-state index contributed by atoms with van der Waals surface area (Å²) in [4.78, 5) is 18.0. The van der Waals surface area contributed by atoms with Gasteiger partial charge in [0.05, 0.1) is 18.8 Å². The van der Waals surface area contributed by atoms with Gasteiger partial charge in [-0.1, -0.05) is 45.9 Å². The van der Waals surface area contributed by atoms with Crippen molar-refractivity contribution >= 4 is 17.4 Å². The summed E-state index contributed by atoms with van der Waals surface area (Å²) in [6.45, 7) is 11.3. The number of nitrogens with zero attached hydrogens (tertiary/aromatic N) is 3. The molecule has 2 fully saturated rings.